The van der Waals surface area contributed by atoms with Crippen molar-refractivity contribution in [2.24, 2.45) is 0 Å². The van der Waals surface area contributed by atoms with Crippen molar-refractivity contribution < 1.29 is 4.52 Å². The Morgan fingerprint density at radius 1 is 1.15 bits per heavy atom. The Morgan fingerprint density at radius 3 is 2.78 bits per heavy atom. The molecule has 0 aliphatic carbocycles. The highest BCUT2D eigenvalue weighted by Crippen LogP contribution is 2.23. The van der Waals surface area contributed by atoms with Gasteiger partial charge in [-0.2, -0.15) is 10.1 Å². The lowest BCUT2D eigenvalue weighted by Gasteiger charge is -2.10. The van der Waals surface area contributed by atoms with Gasteiger partial charge in [0.1, 0.15) is 0 Å². The first kappa shape index (κ1) is 17.6. The Balaban J connectivity index is 1.60. The molecule has 27 heavy (non-hydrogen) atoms. The second-order valence-electron chi connectivity index (χ2n) is 7.01. The van der Waals surface area contributed by atoms with E-state index in [0.717, 1.165) is 46.6 Å². The van der Waals surface area contributed by atoms with Crippen LogP contribution in [0.4, 0.5) is 0 Å². The van der Waals surface area contributed by atoms with E-state index in [1.54, 1.807) is 0 Å². The highest BCUT2D eigenvalue weighted by molar-refractivity contribution is 5.92. The van der Waals surface area contributed by atoms with Crippen LogP contribution in [0.2, 0.25) is 0 Å². The first-order valence-corrected chi connectivity index (χ1v) is 9.29. The van der Waals surface area contributed by atoms with Crippen molar-refractivity contribution in [1.29, 1.82) is 0 Å². The summed E-state index contributed by atoms with van der Waals surface area (Å²) >= 11 is 0. The van der Waals surface area contributed by atoms with Crippen LogP contribution in [0.25, 0.3) is 16.6 Å². The minimum absolute atomic E-state index is 0.320. The van der Waals surface area contributed by atoms with Crippen molar-refractivity contribution in [2.45, 2.75) is 46.1 Å². The van der Waals surface area contributed by atoms with E-state index < -0.39 is 0 Å². The summed E-state index contributed by atoms with van der Waals surface area (Å²) < 4.78 is 7.36. The van der Waals surface area contributed by atoms with E-state index in [1.807, 2.05) is 29.8 Å². The van der Waals surface area contributed by atoms with Crippen LogP contribution in [0, 0.1) is 13.8 Å². The third-order valence-corrected chi connectivity index (χ3v) is 5.10. The fourth-order valence-electron chi connectivity index (χ4n) is 3.42. The summed E-state index contributed by atoms with van der Waals surface area (Å²) in [6.07, 6.45) is 2.24. The molecule has 3 heterocycles. The van der Waals surface area contributed by atoms with E-state index >= 15 is 0 Å². The highest BCUT2D eigenvalue weighted by Gasteiger charge is 2.15. The molecule has 7 heteroatoms. The van der Waals surface area contributed by atoms with E-state index in [-0.39, 0.29) is 0 Å². The molecule has 140 valence electrons. The van der Waals surface area contributed by atoms with Gasteiger partial charge >= 0.3 is 0 Å². The highest BCUT2D eigenvalue weighted by atomic mass is 16.5. The number of benzene rings is 1. The number of aromatic nitrogens is 5. The average molecular weight is 364 g/mol. The van der Waals surface area contributed by atoms with Gasteiger partial charge in [0.25, 0.3) is 0 Å². The van der Waals surface area contributed by atoms with Crippen molar-refractivity contribution in [3.05, 3.63) is 52.9 Å². The molecule has 0 spiro atoms. The lowest BCUT2D eigenvalue weighted by Crippen LogP contribution is -2.24. The number of fused-ring (bicyclic) bond motifs is 3. The topological polar surface area (TPSA) is 81.1 Å². The first-order chi connectivity index (χ1) is 13.1. The van der Waals surface area contributed by atoms with Crippen molar-refractivity contribution >= 4 is 16.6 Å². The average Bonchev–Trinajstić information content (AvgIpc) is 3.26. The predicted octanol–water partition coefficient (Wildman–Crippen LogP) is 2.82. The van der Waals surface area contributed by atoms with Crippen molar-refractivity contribution in [1.82, 2.24) is 30.1 Å². The van der Waals surface area contributed by atoms with Gasteiger partial charge in [-0.25, -0.2) is 9.50 Å². The summed E-state index contributed by atoms with van der Waals surface area (Å²) in [5, 5.41) is 13.1. The minimum Gasteiger partial charge on any atom is -0.339 e. The summed E-state index contributed by atoms with van der Waals surface area (Å²) in [5.41, 5.74) is 5.18. The number of nitrogens with one attached hydrogen (secondary N) is 1. The molecular formula is C20H24N6O. The largest absolute Gasteiger partial charge is 0.339 e. The Bertz CT molecular complexity index is 1100. The molecule has 0 bridgehead atoms. The molecule has 0 aliphatic heterocycles. The van der Waals surface area contributed by atoms with Gasteiger partial charge in [0, 0.05) is 35.7 Å². The molecule has 1 aromatic carbocycles. The van der Waals surface area contributed by atoms with Gasteiger partial charge < -0.3 is 9.84 Å². The molecular weight excluding hydrogens is 340 g/mol. The number of rotatable bonds is 6. The number of aryl methyl sites for hydroxylation is 3. The van der Waals surface area contributed by atoms with Crippen molar-refractivity contribution in [2.75, 3.05) is 7.05 Å². The van der Waals surface area contributed by atoms with Gasteiger partial charge in [-0.05, 0) is 51.9 Å². The van der Waals surface area contributed by atoms with E-state index in [0.29, 0.717) is 18.4 Å². The van der Waals surface area contributed by atoms with Crippen LogP contribution in [-0.2, 0) is 19.3 Å². The van der Waals surface area contributed by atoms with Gasteiger partial charge in [-0.1, -0.05) is 17.3 Å². The van der Waals surface area contributed by atoms with Crippen LogP contribution in [-0.4, -0.2) is 37.8 Å². The Morgan fingerprint density at radius 2 is 1.96 bits per heavy atom. The summed E-state index contributed by atoms with van der Waals surface area (Å²) in [7, 11) is 1.93. The quantitative estimate of drug-likeness (QED) is 0.567. The Hall–Kier alpha value is -2.80. The lowest BCUT2D eigenvalue weighted by atomic mass is 10.1. The molecule has 0 amide bonds. The molecule has 7 nitrogen and oxygen atoms in total. The molecule has 4 aromatic rings. The molecule has 1 atom stereocenters. The standard InChI is InChI=1S/C20H24N6O/c1-12(21-4)11-18-23-19(27-25-18)10-9-15-13(2)22-20-16-7-5-6-8-17(16)24-26(20)14(15)3/h5-8,12,21H,9-11H2,1-4H3. The SMILES string of the molecule is CNC(C)Cc1noc(CCc2c(C)nc3c4ccccc4nn3c2C)n1. The minimum atomic E-state index is 0.320. The van der Waals surface area contributed by atoms with Crippen molar-refractivity contribution in [3.8, 4) is 0 Å². The van der Waals surface area contributed by atoms with E-state index in [4.69, 9.17) is 14.6 Å². The second-order valence-corrected chi connectivity index (χ2v) is 7.01. The van der Waals surface area contributed by atoms with Crippen LogP contribution in [0.1, 0.15) is 35.6 Å². The second kappa shape index (κ2) is 7.08. The third-order valence-electron chi connectivity index (χ3n) is 5.10. The van der Waals surface area contributed by atoms with Crippen molar-refractivity contribution in [3.63, 3.8) is 0 Å². The van der Waals surface area contributed by atoms with Crippen LogP contribution < -0.4 is 5.32 Å². The molecule has 3 aromatic heterocycles. The summed E-state index contributed by atoms with van der Waals surface area (Å²) in [6, 6.07) is 8.42. The van der Waals surface area contributed by atoms with Gasteiger partial charge in [0.2, 0.25) is 5.89 Å². The Kier molecular flexibility index (Phi) is 4.61. The number of hydrogen-bond acceptors (Lipinski definition) is 6. The fourth-order valence-corrected chi connectivity index (χ4v) is 3.42. The van der Waals surface area contributed by atoms with E-state index in [1.165, 1.54) is 5.56 Å². The monoisotopic (exact) mass is 364 g/mol. The van der Waals surface area contributed by atoms with Crippen LogP contribution in [0.3, 0.4) is 0 Å². The van der Waals surface area contributed by atoms with Gasteiger partial charge in [-0.3, -0.25) is 0 Å². The lowest BCUT2D eigenvalue weighted by molar-refractivity contribution is 0.371. The maximum Gasteiger partial charge on any atom is 0.226 e. The van der Waals surface area contributed by atoms with E-state index in [2.05, 4.69) is 42.3 Å². The molecule has 0 fully saturated rings. The first-order valence-electron chi connectivity index (χ1n) is 9.29. The molecule has 1 unspecified atom stereocenters. The van der Waals surface area contributed by atoms with Crippen LogP contribution >= 0.6 is 0 Å². The van der Waals surface area contributed by atoms with Crippen LogP contribution in [0.5, 0.6) is 0 Å². The zero-order valence-electron chi connectivity index (χ0n) is 16.2. The summed E-state index contributed by atoms with van der Waals surface area (Å²) in [6.45, 7) is 6.24. The third kappa shape index (κ3) is 3.30. The molecule has 1 N–H and O–H groups in total. The molecule has 0 saturated heterocycles. The van der Waals surface area contributed by atoms with Crippen LogP contribution in [0.15, 0.2) is 28.8 Å². The number of likely N-dealkylation sites (N-methyl/N-ethyl adjacent to an activating group) is 1. The maximum absolute atomic E-state index is 5.42. The normalized spacial score (nSPS) is 12.9. The van der Waals surface area contributed by atoms with Gasteiger partial charge in [0.05, 0.1) is 5.52 Å². The van der Waals surface area contributed by atoms with Gasteiger partial charge in [0.15, 0.2) is 11.5 Å². The smallest absolute Gasteiger partial charge is 0.226 e. The number of hydrogen-bond donors (Lipinski definition) is 1. The molecule has 0 radical (unpaired) electrons. The zero-order valence-corrected chi connectivity index (χ0v) is 16.2. The number of nitrogens with zero attached hydrogens (tertiary/aromatic N) is 5. The molecule has 0 saturated carbocycles. The fraction of sp³-hybridized carbons (Fsp3) is 0.400. The van der Waals surface area contributed by atoms with Gasteiger partial charge in [-0.15, -0.1) is 0 Å². The summed E-state index contributed by atoms with van der Waals surface area (Å²) in [5.74, 6) is 1.41. The zero-order chi connectivity index (χ0) is 19.0. The molecule has 0 aliphatic rings. The summed E-state index contributed by atoms with van der Waals surface area (Å²) in [4.78, 5) is 9.33. The van der Waals surface area contributed by atoms with E-state index in [9.17, 15) is 0 Å². The molecule has 4 rings (SSSR count). The predicted molar refractivity (Wildman–Crippen MR) is 104 cm³/mol. The maximum atomic E-state index is 5.42. The Labute approximate surface area is 157 Å².